The number of hydrogen-bond acceptors (Lipinski definition) is 4. The van der Waals surface area contributed by atoms with Gasteiger partial charge in [-0.3, -0.25) is 4.79 Å². The van der Waals surface area contributed by atoms with Crippen molar-refractivity contribution in [1.29, 1.82) is 0 Å². The number of nitrogens with zero attached hydrogens (tertiary/aromatic N) is 1. The third kappa shape index (κ3) is 4.43. The van der Waals surface area contributed by atoms with Crippen LogP contribution in [0, 0.1) is 16.7 Å². The number of carbonyl (C=O) groups excluding carboxylic acids is 2. The Kier molecular flexibility index (Phi) is 5.61. The fourth-order valence-electron chi connectivity index (χ4n) is 3.05. The summed E-state index contributed by atoms with van der Waals surface area (Å²) in [7, 11) is 0. The number of benzene rings is 1. The SMILES string of the molecule is CC(C)CNC(=O)N1CCCC(C(=O)Nc2ccc3[nH]c(=S)oc3c2)C1. The molecule has 0 bridgehead atoms. The van der Waals surface area contributed by atoms with E-state index in [0.717, 1.165) is 18.4 Å². The molecule has 0 saturated carbocycles. The summed E-state index contributed by atoms with van der Waals surface area (Å²) in [4.78, 5) is 29.8. The Morgan fingerprint density at radius 2 is 2.23 bits per heavy atom. The fourth-order valence-corrected chi connectivity index (χ4v) is 3.25. The van der Waals surface area contributed by atoms with Crippen LogP contribution in [0.4, 0.5) is 10.5 Å². The van der Waals surface area contributed by atoms with Crippen LogP contribution in [-0.4, -0.2) is 41.5 Å². The largest absolute Gasteiger partial charge is 0.429 e. The number of H-pyrrole nitrogens is 1. The van der Waals surface area contributed by atoms with Gasteiger partial charge in [0.05, 0.1) is 11.4 Å². The van der Waals surface area contributed by atoms with Crippen LogP contribution in [0.15, 0.2) is 22.6 Å². The molecule has 0 aliphatic carbocycles. The Morgan fingerprint density at radius 3 is 3.00 bits per heavy atom. The standard InChI is InChI=1S/C18H24N4O3S/c1-11(2)9-19-17(24)22-7-3-4-12(10-22)16(23)20-13-5-6-14-15(8-13)25-18(26)21-14/h5-6,8,11-12H,3-4,7,9-10H2,1-2H3,(H,19,24)(H,20,23)(H,21,26). The van der Waals surface area contributed by atoms with E-state index in [-0.39, 0.29) is 17.9 Å². The van der Waals surface area contributed by atoms with Gasteiger partial charge in [0.2, 0.25) is 5.91 Å². The normalized spacial score (nSPS) is 17.5. The molecule has 140 valence electrons. The number of anilines is 1. The van der Waals surface area contributed by atoms with Gasteiger partial charge in [-0.25, -0.2) is 4.79 Å². The predicted octanol–water partition coefficient (Wildman–Crippen LogP) is 3.51. The lowest BCUT2D eigenvalue weighted by molar-refractivity contribution is -0.121. The quantitative estimate of drug-likeness (QED) is 0.712. The topological polar surface area (TPSA) is 90.4 Å². The third-order valence-electron chi connectivity index (χ3n) is 4.43. The Labute approximate surface area is 157 Å². The molecule has 2 heterocycles. The number of rotatable bonds is 4. The number of oxazole rings is 1. The average Bonchev–Trinajstić information content (AvgIpc) is 2.99. The average molecular weight is 376 g/mol. The van der Waals surface area contributed by atoms with Gasteiger partial charge in [0, 0.05) is 31.4 Å². The number of aromatic nitrogens is 1. The second kappa shape index (κ2) is 7.90. The molecule has 1 fully saturated rings. The summed E-state index contributed by atoms with van der Waals surface area (Å²) in [5.41, 5.74) is 2.05. The van der Waals surface area contributed by atoms with Crippen molar-refractivity contribution in [3.63, 3.8) is 0 Å². The molecule has 1 aromatic heterocycles. The summed E-state index contributed by atoms with van der Waals surface area (Å²) in [6, 6.07) is 5.27. The van der Waals surface area contributed by atoms with Gasteiger partial charge in [-0.05, 0) is 43.1 Å². The Hall–Kier alpha value is -2.35. The van der Waals surface area contributed by atoms with E-state index in [1.165, 1.54) is 0 Å². The van der Waals surface area contributed by atoms with Gasteiger partial charge in [0.1, 0.15) is 0 Å². The monoisotopic (exact) mass is 376 g/mol. The van der Waals surface area contributed by atoms with E-state index in [9.17, 15) is 9.59 Å². The van der Waals surface area contributed by atoms with Crippen LogP contribution >= 0.6 is 12.2 Å². The second-order valence-corrected chi connectivity index (χ2v) is 7.45. The molecule has 0 radical (unpaired) electrons. The summed E-state index contributed by atoms with van der Waals surface area (Å²) in [5, 5.41) is 5.83. The van der Waals surface area contributed by atoms with E-state index in [4.69, 9.17) is 16.6 Å². The first-order chi connectivity index (χ1) is 12.4. The zero-order valence-corrected chi connectivity index (χ0v) is 15.8. The van der Waals surface area contributed by atoms with E-state index in [0.29, 0.717) is 41.7 Å². The van der Waals surface area contributed by atoms with E-state index in [2.05, 4.69) is 29.5 Å². The number of aromatic amines is 1. The fraction of sp³-hybridized carbons (Fsp3) is 0.500. The maximum absolute atomic E-state index is 12.6. The molecular weight excluding hydrogens is 352 g/mol. The van der Waals surface area contributed by atoms with E-state index >= 15 is 0 Å². The van der Waals surface area contributed by atoms with Crippen molar-refractivity contribution in [2.75, 3.05) is 25.0 Å². The molecule has 1 aromatic carbocycles. The number of nitrogens with one attached hydrogen (secondary N) is 3. The molecule has 3 rings (SSSR count). The lowest BCUT2D eigenvalue weighted by Crippen LogP contribution is -2.48. The molecule has 8 heteroatoms. The number of carbonyl (C=O) groups is 2. The number of fused-ring (bicyclic) bond motifs is 1. The van der Waals surface area contributed by atoms with E-state index in [1.807, 2.05) is 6.07 Å². The summed E-state index contributed by atoms with van der Waals surface area (Å²) >= 11 is 4.97. The van der Waals surface area contributed by atoms with Crippen molar-refractivity contribution in [2.45, 2.75) is 26.7 Å². The predicted molar refractivity (Wildman–Crippen MR) is 103 cm³/mol. The van der Waals surface area contributed by atoms with Gasteiger partial charge in [-0.2, -0.15) is 0 Å². The van der Waals surface area contributed by atoms with Crippen LogP contribution in [0.2, 0.25) is 0 Å². The maximum atomic E-state index is 12.6. The number of amides is 3. The highest BCUT2D eigenvalue weighted by atomic mass is 32.1. The molecule has 2 aromatic rings. The zero-order valence-electron chi connectivity index (χ0n) is 15.0. The number of piperidine rings is 1. The summed E-state index contributed by atoms with van der Waals surface area (Å²) < 4.78 is 5.38. The van der Waals surface area contributed by atoms with Crippen molar-refractivity contribution in [1.82, 2.24) is 15.2 Å². The van der Waals surface area contributed by atoms with Crippen LogP contribution in [-0.2, 0) is 4.79 Å². The van der Waals surface area contributed by atoms with Crippen molar-refractivity contribution in [2.24, 2.45) is 11.8 Å². The van der Waals surface area contributed by atoms with Crippen LogP contribution in [0.1, 0.15) is 26.7 Å². The molecule has 1 atom stereocenters. The molecular formula is C18H24N4O3S. The van der Waals surface area contributed by atoms with Crippen molar-refractivity contribution >= 4 is 40.9 Å². The number of likely N-dealkylation sites (tertiary alicyclic amines) is 1. The van der Waals surface area contributed by atoms with Crippen LogP contribution in [0.25, 0.3) is 11.1 Å². The molecule has 1 aliphatic heterocycles. The maximum Gasteiger partial charge on any atom is 0.317 e. The van der Waals surface area contributed by atoms with Gasteiger partial charge in [0.25, 0.3) is 4.84 Å². The third-order valence-corrected chi connectivity index (χ3v) is 4.61. The Bertz CT molecular complexity index is 857. The molecule has 26 heavy (non-hydrogen) atoms. The first kappa shape index (κ1) is 18.4. The van der Waals surface area contributed by atoms with Gasteiger partial charge in [-0.1, -0.05) is 13.8 Å². The lowest BCUT2D eigenvalue weighted by Gasteiger charge is -2.32. The molecule has 1 unspecified atom stereocenters. The van der Waals surface area contributed by atoms with Crippen LogP contribution in [0.5, 0.6) is 0 Å². The van der Waals surface area contributed by atoms with Crippen molar-refractivity contribution in [3.8, 4) is 0 Å². The van der Waals surface area contributed by atoms with Crippen LogP contribution in [0.3, 0.4) is 0 Å². The zero-order chi connectivity index (χ0) is 18.7. The summed E-state index contributed by atoms with van der Waals surface area (Å²) in [5.74, 6) is 0.0917. The summed E-state index contributed by atoms with van der Waals surface area (Å²) in [6.07, 6.45) is 1.59. The highest BCUT2D eigenvalue weighted by molar-refractivity contribution is 7.71. The first-order valence-electron chi connectivity index (χ1n) is 8.89. The highest BCUT2D eigenvalue weighted by Crippen LogP contribution is 2.22. The minimum atomic E-state index is -0.220. The molecule has 3 amide bonds. The van der Waals surface area contributed by atoms with Gasteiger partial charge >= 0.3 is 6.03 Å². The van der Waals surface area contributed by atoms with E-state index < -0.39 is 0 Å². The smallest absolute Gasteiger partial charge is 0.317 e. The number of urea groups is 1. The Balaban J connectivity index is 1.61. The van der Waals surface area contributed by atoms with Gasteiger partial charge < -0.3 is 24.9 Å². The van der Waals surface area contributed by atoms with Gasteiger partial charge in [-0.15, -0.1) is 0 Å². The molecule has 1 aliphatic rings. The molecule has 0 spiro atoms. The van der Waals surface area contributed by atoms with Crippen LogP contribution < -0.4 is 10.6 Å². The second-order valence-electron chi connectivity index (χ2n) is 7.08. The lowest BCUT2D eigenvalue weighted by atomic mass is 9.97. The van der Waals surface area contributed by atoms with Gasteiger partial charge in [0.15, 0.2) is 5.58 Å². The summed E-state index contributed by atoms with van der Waals surface area (Å²) in [6.45, 7) is 5.86. The van der Waals surface area contributed by atoms with E-state index in [1.54, 1.807) is 17.0 Å². The molecule has 7 nitrogen and oxygen atoms in total. The number of hydrogen-bond donors (Lipinski definition) is 3. The minimum absolute atomic E-state index is 0.0835. The molecule has 3 N–H and O–H groups in total. The minimum Gasteiger partial charge on any atom is -0.429 e. The Morgan fingerprint density at radius 1 is 1.42 bits per heavy atom. The highest BCUT2D eigenvalue weighted by Gasteiger charge is 2.28. The first-order valence-corrected chi connectivity index (χ1v) is 9.29. The van der Waals surface area contributed by atoms with Crippen molar-refractivity contribution in [3.05, 3.63) is 23.0 Å². The molecule has 1 saturated heterocycles. The van der Waals surface area contributed by atoms with Crippen molar-refractivity contribution < 1.29 is 14.0 Å².